The zero-order valence-corrected chi connectivity index (χ0v) is 9.75. The molecule has 3 heteroatoms. The number of halogens is 1. The monoisotopic (exact) mass is 212 g/mol. The lowest BCUT2D eigenvalue weighted by Gasteiger charge is -2.18. The molecule has 78 valence electrons. The average Bonchev–Trinajstić information content (AvgIpc) is 2.52. The second-order valence-electron chi connectivity index (χ2n) is 4.27. The average molecular weight is 213 g/mol. The summed E-state index contributed by atoms with van der Waals surface area (Å²) in [5.41, 5.74) is 1.18. The molecule has 0 saturated heterocycles. The largest absolute Gasteiger partial charge is 0.267 e. The van der Waals surface area contributed by atoms with Gasteiger partial charge in [-0.1, -0.05) is 12.2 Å². The predicted octanol–water partition coefficient (Wildman–Crippen LogP) is 3.28. The van der Waals surface area contributed by atoms with Crippen LogP contribution in [0.2, 0.25) is 0 Å². The Labute approximate surface area is 90.6 Å². The van der Waals surface area contributed by atoms with Gasteiger partial charge in [-0.15, -0.1) is 11.6 Å². The second-order valence-corrected chi connectivity index (χ2v) is 4.65. The van der Waals surface area contributed by atoms with E-state index in [1.165, 1.54) is 0 Å². The van der Waals surface area contributed by atoms with Crippen LogP contribution in [0, 0.1) is 0 Å². The molecule has 1 heterocycles. The first-order chi connectivity index (χ1) is 6.54. The topological polar surface area (TPSA) is 17.8 Å². The molecule has 0 aliphatic rings. The summed E-state index contributed by atoms with van der Waals surface area (Å²) in [5.74, 6) is 0.671. The number of aromatic nitrogens is 2. The van der Waals surface area contributed by atoms with Crippen LogP contribution in [0.25, 0.3) is 6.08 Å². The first-order valence-electron chi connectivity index (χ1n) is 4.81. The van der Waals surface area contributed by atoms with E-state index in [1.807, 2.05) is 17.1 Å². The third kappa shape index (κ3) is 3.18. The first kappa shape index (κ1) is 11.3. The summed E-state index contributed by atoms with van der Waals surface area (Å²) in [6, 6.07) is 0. The van der Waals surface area contributed by atoms with Gasteiger partial charge in [0.2, 0.25) is 0 Å². The maximum atomic E-state index is 5.57. The minimum atomic E-state index is 0.0541. The summed E-state index contributed by atoms with van der Waals surface area (Å²) in [6.07, 6.45) is 8.94. The van der Waals surface area contributed by atoms with Crippen LogP contribution < -0.4 is 0 Å². The predicted molar refractivity (Wildman–Crippen MR) is 61.6 cm³/mol. The quantitative estimate of drug-likeness (QED) is 0.704. The SMILES string of the molecule is CC(C)(C)n1cc(C=CCCCl)cn1. The number of hydrogen-bond donors (Lipinski definition) is 0. The molecule has 0 aliphatic carbocycles. The van der Waals surface area contributed by atoms with Crippen LogP contribution in [0.5, 0.6) is 0 Å². The summed E-state index contributed by atoms with van der Waals surface area (Å²) < 4.78 is 1.97. The van der Waals surface area contributed by atoms with Gasteiger partial charge < -0.3 is 0 Å². The molecule has 1 rings (SSSR count). The molecule has 0 atom stereocenters. The molecular formula is C11H17ClN2. The molecule has 0 aromatic carbocycles. The molecule has 0 aliphatic heterocycles. The van der Waals surface area contributed by atoms with Crippen LogP contribution in [0.1, 0.15) is 32.8 Å². The lowest BCUT2D eigenvalue weighted by Crippen LogP contribution is -2.21. The highest BCUT2D eigenvalue weighted by Crippen LogP contribution is 2.13. The van der Waals surface area contributed by atoms with Gasteiger partial charge in [0.1, 0.15) is 0 Å². The molecule has 1 aromatic heterocycles. The van der Waals surface area contributed by atoms with Crippen molar-refractivity contribution in [2.75, 3.05) is 5.88 Å². The molecule has 14 heavy (non-hydrogen) atoms. The van der Waals surface area contributed by atoms with E-state index in [1.54, 1.807) is 0 Å². The number of nitrogens with zero attached hydrogens (tertiary/aromatic N) is 2. The highest BCUT2D eigenvalue weighted by Gasteiger charge is 2.12. The number of alkyl halides is 1. The van der Waals surface area contributed by atoms with Gasteiger partial charge in [0.15, 0.2) is 0 Å². The van der Waals surface area contributed by atoms with Gasteiger partial charge in [-0.25, -0.2) is 0 Å². The van der Waals surface area contributed by atoms with E-state index in [9.17, 15) is 0 Å². The Morgan fingerprint density at radius 1 is 1.50 bits per heavy atom. The van der Waals surface area contributed by atoms with E-state index in [2.05, 4.69) is 38.0 Å². The van der Waals surface area contributed by atoms with Gasteiger partial charge >= 0.3 is 0 Å². The number of hydrogen-bond acceptors (Lipinski definition) is 1. The Balaban J connectivity index is 2.69. The second kappa shape index (κ2) is 4.65. The number of rotatable bonds is 3. The summed E-state index contributed by atoms with van der Waals surface area (Å²) in [7, 11) is 0. The molecule has 0 unspecified atom stereocenters. The number of allylic oxidation sites excluding steroid dienone is 1. The normalized spacial score (nSPS) is 12.6. The van der Waals surface area contributed by atoms with Crippen molar-refractivity contribution < 1.29 is 0 Å². The van der Waals surface area contributed by atoms with Crippen molar-refractivity contribution in [3.8, 4) is 0 Å². The van der Waals surface area contributed by atoms with E-state index in [-0.39, 0.29) is 5.54 Å². The van der Waals surface area contributed by atoms with Crippen LogP contribution in [-0.2, 0) is 5.54 Å². The highest BCUT2D eigenvalue weighted by atomic mass is 35.5. The molecule has 0 fully saturated rings. The third-order valence-electron chi connectivity index (χ3n) is 1.88. The van der Waals surface area contributed by atoms with E-state index in [4.69, 9.17) is 11.6 Å². The summed E-state index contributed by atoms with van der Waals surface area (Å²) >= 11 is 5.57. The summed E-state index contributed by atoms with van der Waals surface area (Å²) in [4.78, 5) is 0. The van der Waals surface area contributed by atoms with Crippen LogP contribution in [0.15, 0.2) is 18.5 Å². The standard InChI is InChI=1S/C11H17ClN2/c1-11(2,3)14-9-10(8-13-14)6-4-5-7-12/h4,6,8-9H,5,7H2,1-3H3. The minimum Gasteiger partial charge on any atom is -0.267 e. The Morgan fingerprint density at radius 3 is 2.71 bits per heavy atom. The molecule has 0 N–H and O–H groups in total. The Bertz CT molecular complexity index is 307. The van der Waals surface area contributed by atoms with E-state index in [0.29, 0.717) is 5.88 Å². The molecule has 2 nitrogen and oxygen atoms in total. The summed E-state index contributed by atoms with van der Waals surface area (Å²) in [6.45, 7) is 6.39. The van der Waals surface area contributed by atoms with Gasteiger partial charge in [0, 0.05) is 17.6 Å². The zero-order valence-electron chi connectivity index (χ0n) is 9.00. The molecule has 0 amide bonds. The maximum Gasteiger partial charge on any atom is 0.0562 e. The first-order valence-corrected chi connectivity index (χ1v) is 5.35. The van der Waals surface area contributed by atoms with Crippen molar-refractivity contribution in [1.82, 2.24) is 9.78 Å². The van der Waals surface area contributed by atoms with E-state index >= 15 is 0 Å². The van der Waals surface area contributed by atoms with Crippen LogP contribution >= 0.6 is 11.6 Å². The zero-order chi connectivity index (χ0) is 10.6. The van der Waals surface area contributed by atoms with Crippen molar-refractivity contribution in [3.63, 3.8) is 0 Å². The van der Waals surface area contributed by atoms with Crippen molar-refractivity contribution in [3.05, 3.63) is 24.0 Å². The van der Waals surface area contributed by atoms with E-state index in [0.717, 1.165) is 12.0 Å². The van der Waals surface area contributed by atoms with Gasteiger partial charge in [0.05, 0.1) is 11.7 Å². The minimum absolute atomic E-state index is 0.0541. The smallest absolute Gasteiger partial charge is 0.0562 e. The van der Waals surface area contributed by atoms with Crippen molar-refractivity contribution >= 4 is 17.7 Å². The maximum absolute atomic E-state index is 5.57. The summed E-state index contributed by atoms with van der Waals surface area (Å²) in [5, 5.41) is 4.30. The third-order valence-corrected chi connectivity index (χ3v) is 2.09. The van der Waals surface area contributed by atoms with E-state index < -0.39 is 0 Å². The lowest BCUT2D eigenvalue weighted by atomic mass is 10.1. The van der Waals surface area contributed by atoms with Gasteiger partial charge in [0.25, 0.3) is 0 Å². The van der Waals surface area contributed by atoms with Crippen LogP contribution in [-0.4, -0.2) is 15.7 Å². The van der Waals surface area contributed by atoms with Crippen molar-refractivity contribution in [1.29, 1.82) is 0 Å². The Morgan fingerprint density at radius 2 is 2.21 bits per heavy atom. The molecule has 1 aromatic rings. The van der Waals surface area contributed by atoms with Gasteiger partial charge in [-0.2, -0.15) is 5.10 Å². The van der Waals surface area contributed by atoms with Gasteiger partial charge in [-0.05, 0) is 27.2 Å². The van der Waals surface area contributed by atoms with Crippen LogP contribution in [0.4, 0.5) is 0 Å². The fourth-order valence-corrected chi connectivity index (χ4v) is 1.20. The fourth-order valence-electron chi connectivity index (χ4n) is 1.07. The molecule has 0 bridgehead atoms. The van der Waals surface area contributed by atoms with Crippen molar-refractivity contribution in [2.24, 2.45) is 0 Å². The fraction of sp³-hybridized carbons (Fsp3) is 0.545. The molecule has 0 spiro atoms. The Hall–Kier alpha value is -0.760. The highest BCUT2D eigenvalue weighted by molar-refractivity contribution is 6.17. The molecule has 0 saturated carbocycles. The Kier molecular flexibility index (Phi) is 3.76. The molecule has 0 radical (unpaired) electrons. The lowest BCUT2D eigenvalue weighted by molar-refractivity contribution is 0.355. The molecular weight excluding hydrogens is 196 g/mol. The van der Waals surface area contributed by atoms with Crippen molar-refractivity contribution in [2.45, 2.75) is 32.7 Å². The van der Waals surface area contributed by atoms with Gasteiger partial charge in [-0.3, -0.25) is 4.68 Å². The van der Waals surface area contributed by atoms with Crippen LogP contribution in [0.3, 0.4) is 0 Å².